The van der Waals surface area contributed by atoms with Gasteiger partial charge in [0.15, 0.2) is 17.7 Å². The lowest BCUT2D eigenvalue weighted by Crippen LogP contribution is -2.57. The van der Waals surface area contributed by atoms with Gasteiger partial charge in [-0.25, -0.2) is 0 Å². The number of nitrogens with zero attached hydrogens (tertiary/aromatic N) is 2. The maximum atomic E-state index is 14.2. The highest BCUT2D eigenvalue weighted by molar-refractivity contribution is 6.04. The quantitative estimate of drug-likeness (QED) is 0.174. The highest BCUT2D eigenvalue weighted by Crippen LogP contribution is 2.87. The van der Waals surface area contributed by atoms with Crippen LogP contribution in [-0.2, 0) is 28.7 Å². The number of Topliss-reactive ketones (excluding diaryl/α,β-unsaturated/α-hetero) is 1. The number of allylic oxidation sites excluding steroid dienone is 3. The maximum Gasteiger partial charge on any atom is 0.303 e. The van der Waals surface area contributed by atoms with Crippen LogP contribution in [0.1, 0.15) is 87.0 Å². The fourth-order valence-corrected chi connectivity index (χ4v) is 10.4. The van der Waals surface area contributed by atoms with E-state index in [1.165, 1.54) is 13.8 Å². The summed E-state index contributed by atoms with van der Waals surface area (Å²) in [5.74, 6) is -0.664. The molecule has 2 spiro atoms. The molecule has 0 radical (unpaired) electrons. The van der Waals surface area contributed by atoms with Crippen molar-refractivity contribution in [1.82, 2.24) is 5.01 Å². The Bertz CT molecular complexity index is 1300. The van der Waals surface area contributed by atoms with Gasteiger partial charge in [0.05, 0.1) is 6.21 Å². The minimum Gasteiger partial charge on any atom is -0.462 e. The molecule has 4 fully saturated rings. The minimum absolute atomic E-state index is 0.0431. The number of carbonyl (C=O) groups is 4. The van der Waals surface area contributed by atoms with Gasteiger partial charge in [0.25, 0.3) is 0 Å². The van der Waals surface area contributed by atoms with Gasteiger partial charge in [-0.1, -0.05) is 26.8 Å². The second kappa shape index (κ2) is 10.2. The molecule has 0 aromatic carbocycles. The average molecular weight is 581 g/mol. The molecule has 8 nitrogen and oxygen atoms in total. The van der Waals surface area contributed by atoms with Gasteiger partial charge < -0.3 is 14.5 Å². The van der Waals surface area contributed by atoms with Gasteiger partial charge in [0.1, 0.15) is 6.10 Å². The van der Waals surface area contributed by atoms with Crippen molar-refractivity contribution in [3.63, 3.8) is 0 Å². The molecule has 0 aromatic rings. The van der Waals surface area contributed by atoms with Crippen LogP contribution >= 0.6 is 0 Å². The zero-order valence-electron chi connectivity index (χ0n) is 26.8. The SMILES string of the molecule is CC(=O)O[C@H]1C[C@@]2(C)[C@@H]3CC[C@H]4[C@H](C)C(=O)C=C[C@@]45C[C@@]35CC[C@]2(C)C1[C@@H](OC(C)=O)C(=O)/C(C)=C(C)/C=N/N(C)C. The van der Waals surface area contributed by atoms with Crippen LogP contribution in [0.5, 0.6) is 0 Å². The molecule has 0 bridgehead atoms. The summed E-state index contributed by atoms with van der Waals surface area (Å²) in [5.41, 5.74) is 0.666. The van der Waals surface area contributed by atoms with E-state index >= 15 is 0 Å². The van der Waals surface area contributed by atoms with E-state index < -0.39 is 35.5 Å². The summed E-state index contributed by atoms with van der Waals surface area (Å²) in [7, 11) is 3.61. The van der Waals surface area contributed by atoms with Crippen molar-refractivity contribution in [1.29, 1.82) is 0 Å². The molecule has 1 unspecified atom stereocenters. The third-order valence-electron chi connectivity index (χ3n) is 12.7. The largest absolute Gasteiger partial charge is 0.462 e. The molecule has 8 heteroatoms. The van der Waals surface area contributed by atoms with E-state index in [0.29, 0.717) is 29.4 Å². The minimum atomic E-state index is -1.08. The van der Waals surface area contributed by atoms with Crippen LogP contribution in [0.25, 0.3) is 0 Å². The third kappa shape index (κ3) is 4.25. The van der Waals surface area contributed by atoms with Gasteiger partial charge in [-0.2, -0.15) is 5.10 Å². The Labute approximate surface area is 250 Å². The molecule has 0 saturated heterocycles. The number of carbonyl (C=O) groups excluding carboxylic acids is 4. The highest BCUT2D eigenvalue weighted by atomic mass is 16.6. The van der Waals surface area contributed by atoms with Crippen molar-refractivity contribution >= 4 is 29.7 Å². The smallest absolute Gasteiger partial charge is 0.303 e. The van der Waals surface area contributed by atoms with Crippen molar-refractivity contribution in [3.8, 4) is 0 Å². The van der Waals surface area contributed by atoms with Crippen LogP contribution in [0.4, 0.5) is 0 Å². The predicted octanol–water partition coefficient (Wildman–Crippen LogP) is 5.31. The number of hydrazone groups is 1. The zero-order chi connectivity index (χ0) is 31.0. The van der Waals surface area contributed by atoms with Crippen LogP contribution < -0.4 is 0 Å². The second-order valence-electron chi connectivity index (χ2n) is 14.6. The topological polar surface area (TPSA) is 102 Å². The summed E-state index contributed by atoms with van der Waals surface area (Å²) in [5, 5.41) is 5.94. The molecular formula is C34H48N2O6. The lowest BCUT2D eigenvalue weighted by atomic mass is 9.43. The van der Waals surface area contributed by atoms with E-state index in [1.54, 1.807) is 32.2 Å². The van der Waals surface area contributed by atoms with Crippen molar-refractivity contribution < 1.29 is 28.7 Å². The fourth-order valence-electron chi connectivity index (χ4n) is 10.4. The van der Waals surface area contributed by atoms with Crippen molar-refractivity contribution in [2.45, 2.75) is 99.2 Å². The van der Waals surface area contributed by atoms with Crippen molar-refractivity contribution in [2.24, 2.45) is 50.4 Å². The van der Waals surface area contributed by atoms with E-state index in [1.807, 2.05) is 13.0 Å². The maximum absolute atomic E-state index is 14.2. The van der Waals surface area contributed by atoms with E-state index in [2.05, 4.69) is 31.9 Å². The number of rotatable bonds is 7. The van der Waals surface area contributed by atoms with E-state index in [4.69, 9.17) is 9.47 Å². The van der Waals surface area contributed by atoms with Crippen LogP contribution in [0.2, 0.25) is 0 Å². The summed E-state index contributed by atoms with van der Waals surface area (Å²) in [6, 6.07) is 0. The van der Waals surface area contributed by atoms with Crippen molar-refractivity contribution in [3.05, 3.63) is 23.3 Å². The monoisotopic (exact) mass is 580 g/mol. The Morgan fingerprint density at radius 2 is 1.74 bits per heavy atom. The van der Waals surface area contributed by atoms with Crippen LogP contribution in [0, 0.1) is 45.3 Å². The summed E-state index contributed by atoms with van der Waals surface area (Å²) < 4.78 is 12.0. The molecule has 0 amide bonds. The molecular weight excluding hydrogens is 532 g/mol. The van der Waals surface area contributed by atoms with E-state index in [-0.39, 0.29) is 33.7 Å². The molecule has 0 aromatic heterocycles. The summed E-state index contributed by atoms with van der Waals surface area (Å²) in [4.78, 5) is 51.9. The van der Waals surface area contributed by atoms with Gasteiger partial charge >= 0.3 is 11.9 Å². The highest BCUT2D eigenvalue weighted by Gasteiger charge is 2.82. The molecule has 5 rings (SSSR count). The predicted molar refractivity (Wildman–Crippen MR) is 159 cm³/mol. The summed E-state index contributed by atoms with van der Waals surface area (Å²) in [6.07, 6.45) is 9.62. The molecule has 5 aliphatic carbocycles. The second-order valence-corrected chi connectivity index (χ2v) is 14.6. The van der Waals surface area contributed by atoms with Crippen LogP contribution in [-0.4, -0.2) is 61.0 Å². The Balaban J connectivity index is 1.57. The number of hydrogen-bond acceptors (Lipinski definition) is 8. The first-order chi connectivity index (χ1) is 19.5. The standard InChI is InChI=1S/C34H48N2O6/c1-19(17-35-36(8)9)20(2)29(40)30(42-23(5)38)28-26(41-22(4)37)16-32(7)27-11-10-24-21(3)25(39)12-13-33(24)18-34(27,33)15-14-31(28,32)6/h12-13,17,21,24,26-28,30H,10-11,14-16,18H2,1-9H3/b20-19+,35-17+/t21-,24-,26-,27-,28?,30+,31+,32-,33+,34-/m0/s1. The molecule has 42 heavy (non-hydrogen) atoms. The van der Waals surface area contributed by atoms with Crippen molar-refractivity contribution in [2.75, 3.05) is 14.1 Å². The normalized spacial score (nSPS) is 42.9. The fraction of sp³-hybridized carbons (Fsp3) is 0.735. The average Bonchev–Trinajstić information content (AvgIpc) is 3.52. The number of hydrogen-bond donors (Lipinski definition) is 0. The Morgan fingerprint density at radius 1 is 1.05 bits per heavy atom. The van der Waals surface area contributed by atoms with Crippen LogP contribution in [0.3, 0.4) is 0 Å². The first-order valence-electron chi connectivity index (χ1n) is 15.6. The van der Waals surface area contributed by atoms with Gasteiger partial charge in [-0.15, -0.1) is 0 Å². The molecule has 10 atom stereocenters. The zero-order valence-corrected chi connectivity index (χ0v) is 26.8. The molecule has 0 heterocycles. The van der Waals surface area contributed by atoms with Gasteiger partial charge in [-0.05, 0) is 97.5 Å². The molecule has 5 aliphatic rings. The van der Waals surface area contributed by atoms with Gasteiger partial charge in [0, 0.05) is 45.4 Å². The first-order valence-corrected chi connectivity index (χ1v) is 15.6. The number of ether oxygens (including phenoxy) is 2. The lowest BCUT2D eigenvalue weighted by Gasteiger charge is -2.60. The van der Waals surface area contributed by atoms with E-state index in [9.17, 15) is 19.2 Å². The summed E-state index contributed by atoms with van der Waals surface area (Å²) >= 11 is 0. The third-order valence-corrected chi connectivity index (χ3v) is 12.7. The molecule has 0 aliphatic heterocycles. The van der Waals surface area contributed by atoms with Crippen LogP contribution in [0.15, 0.2) is 28.4 Å². The Morgan fingerprint density at radius 3 is 2.36 bits per heavy atom. The first kappa shape index (κ1) is 30.7. The Kier molecular flexibility index (Phi) is 7.42. The molecule has 0 N–H and O–H groups in total. The van der Waals surface area contributed by atoms with Gasteiger partial charge in [-0.3, -0.25) is 19.2 Å². The summed E-state index contributed by atoms with van der Waals surface area (Å²) in [6.45, 7) is 13.0. The van der Waals surface area contributed by atoms with Gasteiger partial charge in [0.2, 0.25) is 0 Å². The lowest BCUT2D eigenvalue weighted by molar-refractivity contribution is -0.173. The van der Waals surface area contributed by atoms with E-state index in [0.717, 1.165) is 32.1 Å². The number of fused-ring (bicyclic) bond motifs is 2. The molecule has 4 saturated carbocycles. The Hall–Kier alpha value is -2.77. The number of esters is 2. The number of ketones is 2. The molecule has 230 valence electrons.